The van der Waals surface area contributed by atoms with Gasteiger partial charge in [-0.05, 0) is 42.8 Å². The van der Waals surface area contributed by atoms with Gasteiger partial charge in [-0.25, -0.2) is 0 Å². The topological polar surface area (TPSA) is 77.5 Å². The summed E-state index contributed by atoms with van der Waals surface area (Å²) in [5, 5.41) is 6.67. The number of nitrogens with zero attached hydrogens (tertiary/aromatic N) is 2. The fraction of sp³-hybridized carbons (Fsp3) is 0.0500. The van der Waals surface area contributed by atoms with Crippen molar-refractivity contribution in [2.24, 2.45) is 0 Å². The van der Waals surface area contributed by atoms with Gasteiger partial charge in [0.05, 0.1) is 0 Å². The van der Waals surface area contributed by atoms with E-state index in [-0.39, 0.29) is 5.91 Å². The van der Waals surface area contributed by atoms with Crippen LogP contribution in [0.25, 0.3) is 23.1 Å². The molecule has 27 heavy (non-hydrogen) atoms. The standard InChI is InChI=1S/C20H16ClN5O/c1-13-11-18(24-19(27)10-9-14-5-4-6-15(21)12-14)26(25-13)20-22-16-7-2-3-8-17(16)23-20/h2-12H,1H3,(H2,22,23,24,25,27)/p+1/b10-9+. The van der Waals surface area contributed by atoms with Crippen molar-refractivity contribution in [2.75, 3.05) is 5.32 Å². The van der Waals surface area contributed by atoms with Crippen LogP contribution < -0.4 is 10.00 Å². The lowest BCUT2D eigenvalue weighted by Crippen LogP contribution is -2.38. The second-order valence-corrected chi connectivity index (χ2v) is 6.55. The van der Waals surface area contributed by atoms with Gasteiger partial charge in [-0.1, -0.05) is 35.9 Å². The van der Waals surface area contributed by atoms with Crippen LogP contribution in [0.3, 0.4) is 0 Å². The van der Waals surface area contributed by atoms with Gasteiger partial charge in [0.1, 0.15) is 5.52 Å². The number of fused-ring (bicyclic) bond motifs is 1. The van der Waals surface area contributed by atoms with E-state index in [2.05, 4.69) is 20.4 Å². The van der Waals surface area contributed by atoms with Crippen LogP contribution in [0.5, 0.6) is 0 Å². The Morgan fingerprint density at radius 1 is 1.19 bits per heavy atom. The Labute approximate surface area is 160 Å². The summed E-state index contributed by atoms with van der Waals surface area (Å²) in [6.07, 6.45) is 3.18. The van der Waals surface area contributed by atoms with Crippen LogP contribution in [-0.4, -0.2) is 21.0 Å². The number of aromatic nitrogens is 4. The number of hydrogen-bond acceptors (Lipinski definition) is 2. The Kier molecular flexibility index (Phi) is 4.48. The Morgan fingerprint density at radius 2 is 2.04 bits per heavy atom. The number of benzene rings is 2. The maximum absolute atomic E-state index is 12.3. The Balaban J connectivity index is 1.58. The molecule has 134 valence electrons. The highest BCUT2D eigenvalue weighted by molar-refractivity contribution is 6.30. The third kappa shape index (κ3) is 3.75. The molecule has 0 atom stereocenters. The summed E-state index contributed by atoms with van der Waals surface area (Å²) in [5.41, 5.74) is 3.52. The average Bonchev–Trinajstić information content (AvgIpc) is 3.23. The number of carbonyl (C=O) groups excluding carboxylic acids is 1. The molecule has 3 N–H and O–H groups in total. The Bertz CT molecular complexity index is 1130. The minimum absolute atomic E-state index is 0.251. The zero-order valence-corrected chi connectivity index (χ0v) is 15.3. The van der Waals surface area contributed by atoms with Gasteiger partial charge in [0, 0.05) is 22.9 Å². The summed E-state index contributed by atoms with van der Waals surface area (Å²) in [6, 6.07) is 16.9. The summed E-state index contributed by atoms with van der Waals surface area (Å²) in [5.74, 6) is 0.935. The third-order valence-electron chi connectivity index (χ3n) is 4.00. The SMILES string of the molecule is Cc1cc(NC(=O)/C=C/c2cccc(Cl)c2)[n+](-c2nc3ccccc3[nH]2)[nH]1. The second kappa shape index (κ2) is 7.09. The van der Waals surface area contributed by atoms with Crippen molar-refractivity contribution in [3.05, 3.63) is 77.0 Å². The number of halogens is 1. The normalized spacial score (nSPS) is 11.3. The van der Waals surface area contributed by atoms with Crippen LogP contribution in [0.1, 0.15) is 11.3 Å². The van der Waals surface area contributed by atoms with E-state index in [1.165, 1.54) is 6.08 Å². The zero-order chi connectivity index (χ0) is 18.8. The van der Waals surface area contributed by atoms with Crippen molar-refractivity contribution in [3.8, 4) is 5.95 Å². The molecule has 2 aromatic carbocycles. The predicted octanol–water partition coefficient (Wildman–Crippen LogP) is 3.78. The maximum atomic E-state index is 12.3. The molecule has 4 rings (SSSR count). The molecule has 6 nitrogen and oxygen atoms in total. The summed E-state index contributed by atoms with van der Waals surface area (Å²) in [4.78, 5) is 20.1. The van der Waals surface area contributed by atoms with Gasteiger partial charge in [-0.3, -0.25) is 20.2 Å². The minimum atomic E-state index is -0.251. The van der Waals surface area contributed by atoms with E-state index in [0.717, 1.165) is 22.3 Å². The Morgan fingerprint density at radius 3 is 2.85 bits per heavy atom. The molecule has 0 saturated heterocycles. The van der Waals surface area contributed by atoms with E-state index in [1.807, 2.05) is 49.4 Å². The number of aryl methyl sites for hydroxylation is 1. The lowest BCUT2D eigenvalue weighted by molar-refractivity contribution is -0.648. The number of H-pyrrole nitrogens is 2. The number of nitrogens with one attached hydrogen (secondary N) is 3. The fourth-order valence-electron chi connectivity index (χ4n) is 2.79. The highest BCUT2D eigenvalue weighted by Gasteiger charge is 2.19. The number of aromatic amines is 2. The van der Waals surface area contributed by atoms with Gasteiger partial charge in [-0.2, -0.15) is 0 Å². The monoisotopic (exact) mass is 378 g/mol. The molecule has 4 aromatic rings. The molecule has 1 amide bonds. The molecule has 2 heterocycles. The van der Waals surface area contributed by atoms with Gasteiger partial charge in [0.15, 0.2) is 5.52 Å². The van der Waals surface area contributed by atoms with Gasteiger partial charge in [0.25, 0.3) is 5.91 Å². The molecular formula is C20H17ClN5O+. The molecule has 0 radical (unpaired) electrons. The molecule has 2 aromatic heterocycles. The first kappa shape index (κ1) is 17.1. The van der Waals surface area contributed by atoms with Gasteiger partial charge in [0.2, 0.25) is 5.82 Å². The summed E-state index contributed by atoms with van der Waals surface area (Å²) < 4.78 is 1.71. The largest absolute Gasteiger partial charge is 0.374 e. The minimum Gasteiger partial charge on any atom is -0.258 e. The maximum Gasteiger partial charge on any atom is 0.374 e. The molecule has 0 aliphatic carbocycles. The number of imidazole rings is 1. The molecule has 0 aliphatic rings. The van der Waals surface area contributed by atoms with E-state index in [1.54, 1.807) is 22.9 Å². The van der Waals surface area contributed by atoms with Crippen LogP contribution >= 0.6 is 11.6 Å². The van der Waals surface area contributed by atoms with Crippen molar-refractivity contribution in [1.29, 1.82) is 0 Å². The molecule has 7 heteroatoms. The molecule has 0 fully saturated rings. The van der Waals surface area contributed by atoms with E-state index < -0.39 is 0 Å². The molecule has 0 aliphatic heterocycles. The zero-order valence-electron chi connectivity index (χ0n) is 14.5. The quantitative estimate of drug-likeness (QED) is 0.373. The van der Waals surface area contributed by atoms with Crippen molar-refractivity contribution in [1.82, 2.24) is 15.1 Å². The number of carbonyl (C=O) groups is 1. The molecule has 0 unspecified atom stereocenters. The van der Waals surface area contributed by atoms with Crippen molar-refractivity contribution < 1.29 is 9.48 Å². The first-order chi connectivity index (χ1) is 13.1. The number of para-hydroxylation sites is 2. The highest BCUT2D eigenvalue weighted by Crippen LogP contribution is 2.14. The number of rotatable bonds is 4. The Hall–Kier alpha value is -3.38. The fourth-order valence-corrected chi connectivity index (χ4v) is 2.99. The first-order valence-corrected chi connectivity index (χ1v) is 8.78. The molecule has 0 bridgehead atoms. The van der Waals surface area contributed by atoms with Gasteiger partial charge >= 0.3 is 5.95 Å². The van der Waals surface area contributed by atoms with Crippen LogP contribution in [0.4, 0.5) is 5.82 Å². The van der Waals surface area contributed by atoms with Crippen LogP contribution in [0.2, 0.25) is 5.02 Å². The average molecular weight is 379 g/mol. The molecular weight excluding hydrogens is 362 g/mol. The number of amides is 1. The van der Waals surface area contributed by atoms with E-state index in [0.29, 0.717) is 16.8 Å². The summed E-state index contributed by atoms with van der Waals surface area (Å²) in [6.45, 7) is 1.91. The third-order valence-corrected chi connectivity index (χ3v) is 4.23. The van der Waals surface area contributed by atoms with Gasteiger partial charge < -0.3 is 0 Å². The van der Waals surface area contributed by atoms with Crippen LogP contribution in [-0.2, 0) is 4.79 Å². The predicted molar refractivity (Wildman–Crippen MR) is 106 cm³/mol. The lowest BCUT2D eigenvalue weighted by Gasteiger charge is -1.99. The second-order valence-electron chi connectivity index (χ2n) is 6.11. The van der Waals surface area contributed by atoms with E-state index in [4.69, 9.17) is 11.6 Å². The smallest absolute Gasteiger partial charge is 0.258 e. The van der Waals surface area contributed by atoms with Crippen molar-refractivity contribution >= 4 is 40.4 Å². The van der Waals surface area contributed by atoms with Crippen LogP contribution in [0.15, 0.2) is 60.7 Å². The van der Waals surface area contributed by atoms with Gasteiger partial charge in [-0.15, -0.1) is 9.67 Å². The highest BCUT2D eigenvalue weighted by atomic mass is 35.5. The lowest BCUT2D eigenvalue weighted by atomic mass is 10.2. The van der Waals surface area contributed by atoms with E-state index in [9.17, 15) is 4.79 Å². The van der Waals surface area contributed by atoms with Crippen molar-refractivity contribution in [3.63, 3.8) is 0 Å². The van der Waals surface area contributed by atoms with Crippen LogP contribution in [0, 0.1) is 6.92 Å². The number of hydrogen-bond donors (Lipinski definition) is 3. The molecule has 0 spiro atoms. The summed E-state index contributed by atoms with van der Waals surface area (Å²) in [7, 11) is 0. The number of anilines is 1. The van der Waals surface area contributed by atoms with E-state index >= 15 is 0 Å². The summed E-state index contributed by atoms with van der Waals surface area (Å²) >= 11 is 5.96. The molecule has 0 saturated carbocycles. The van der Waals surface area contributed by atoms with Crippen molar-refractivity contribution in [2.45, 2.75) is 6.92 Å². The first-order valence-electron chi connectivity index (χ1n) is 8.40.